The average Bonchev–Trinajstić information content (AvgIpc) is 2.65. The molecule has 1 atom stereocenters. The average molecular weight is 246 g/mol. The van der Waals surface area contributed by atoms with Gasteiger partial charge in [-0.05, 0) is 13.3 Å². The first-order valence-electron chi connectivity index (χ1n) is 5.49. The summed E-state index contributed by atoms with van der Waals surface area (Å²) in [6, 6.07) is 3.64. The van der Waals surface area contributed by atoms with Crippen molar-refractivity contribution in [3.63, 3.8) is 0 Å². The Labute approximate surface area is 105 Å². The number of carbonyl (C=O) groups is 1. The monoisotopic (exact) mass is 246 g/mol. The summed E-state index contributed by atoms with van der Waals surface area (Å²) in [4.78, 5) is 15.4. The van der Waals surface area contributed by atoms with Crippen molar-refractivity contribution in [2.45, 2.75) is 32.9 Å². The van der Waals surface area contributed by atoms with Gasteiger partial charge in [-0.15, -0.1) is 0 Å². The van der Waals surface area contributed by atoms with Crippen molar-refractivity contribution in [2.75, 3.05) is 5.73 Å². The molecule has 7 heteroatoms. The highest BCUT2D eigenvalue weighted by atomic mass is 16.2. The number of nitrogens with two attached hydrogens (primary N) is 1. The predicted molar refractivity (Wildman–Crippen MR) is 64.0 cm³/mol. The maximum Gasteiger partial charge on any atom is 0.240 e. The second-order valence-electron chi connectivity index (χ2n) is 3.85. The van der Waals surface area contributed by atoms with Crippen molar-refractivity contribution in [1.82, 2.24) is 14.9 Å². The van der Waals surface area contributed by atoms with Crippen LogP contribution in [0, 0.1) is 22.7 Å². The minimum Gasteiger partial charge on any atom is -0.369 e. The van der Waals surface area contributed by atoms with Crippen LogP contribution in [-0.4, -0.2) is 21.5 Å². The molecule has 0 saturated heterocycles. The van der Waals surface area contributed by atoms with Crippen molar-refractivity contribution < 1.29 is 4.79 Å². The highest BCUT2D eigenvalue weighted by molar-refractivity contribution is 5.76. The first-order valence-corrected chi connectivity index (χ1v) is 5.49. The fourth-order valence-electron chi connectivity index (χ4n) is 1.39. The Morgan fingerprint density at radius 2 is 2.22 bits per heavy atom. The molecule has 1 aromatic rings. The standard InChI is InChI=1S/C11H14N6O/c1-3-7(2)15-10(18)6-17-9(5-13)8(4-12)16-11(17)14/h7H,3,6H2,1-2H3,(H2,14,16)(H,15,18)/t7-/m0/s1. The summed E-state index contributed by atoms with van der Waals surface area (Å²) in [5.74, 6) is -0.281. The summed E-state index contributed by atoms with van der Waals surface area (Å²) in [5.41, 5.74) is 5.52. The van der Waals surface area contributed by atoms with Crippen molar-refractivity contribution in [3.05, 3.63) is 11.4 Å². The van der Waals surface area contributed by atoms with Gasteiger partial charge in [0, 0.05) is 6.04 Å². The second kappa shape index (κ2) is 5.69. The second-order valence-corrected chi connectivity index (χ2v) is 3.85. The van der Waals surface area contributed by atoms with E-state index in [4.69, 9.17) is 16.3 Å². The summed E-state index contributed by atoms with van der Waals surface area (Å²) >= 11 is 0. The Kier molecular flexibility index (Phi) is 4.27. The van der Waals surface area contributed by atoms with E-state index in [2.05, 4.69) is 10.3 Å². The first kappa shape index (κ1) is 13.5. The van der Waals surface area contributed by atoms with Gasteiger partial charge in [0.1, 0.15) is 18.7 Å². The van der Waals surface area contributed by atoms with Gasteiger partial charge in [0.2, 0.25) is 11.9 Å². The molecule has 0 aromatic carbocycles. The highest BCUT2D eigenvalue weighted by Gasteiger charge is 2.17. The molecule has 0 fully saturated rings. The van der Waals surface area contributed by atoms with Crippen molar-refractivity contribution >= 4 is 11.9 Å². The molecular formula is C11H14N6O. The van der Waals surface area contributed by atoms with Crippen LogP contribution in [0.2, 0.25) is 0 Å². The third kappa shape index (κ3) is 2.77. The largest absolute Gasteiger partial charge is 0.369 e. The summed E-state index contributed by atoms with van der Waals surface area (Å²) in [6.07, 6.45) is 0.805. The van der Waals surface area contributed by atoms with Gasteiger partial charge in [-0.3, -0.25) is 9.36 Å². The van der Waals surface area contributed by atoms with E-state index in [-0.39, 0.29) is 35.8 Å². The number of amides is 1. The van der Waals surface area contributed by atoms with Crippen LogP contribution in [0.3, 0.4) is 0 Å². The number of anilines is 1. The topological polar surface area (TPSA) is 121 Å². The zero-order valence-electron chi connectivity index (χ0n) is 10.3. The van der Waals surface area contributed by atoms with E-state index in [1.165, 1.54) is 4.57 Å². The van der Waals surface area contributed by atoms with Gasteiger partial charge in [-0.25, -0.2) is 4.98 Å². The fourth-order valence-corrected chi connectivity index (χ4v) is 1.39. The van der Waals surface area contributed by atoms with E-state index >= 15 is 0 Å². The maximum absolute atomic E-state index is 11.7. The molecule has 18 heavy (non-hydrogen) atoms. The smallest absolute Gasteiger partial charge is 0.240 e. The number of imidazole rings is 1. The minimum atomic E-state index is -0.269. The lowest BCUT2D eigenvalue weighted by molar-refractivity contribution is -0.122. The molecule has 0 spiro atoms. The number of nitrogens with zero attached hydrogens (tertiary/aromatic N) is 4. The lowest BCUT2D eigenvalue weighted by Gasteiger charge is -2.12. The van der Waals surface area contributed by atoms with Gasteiger partial charge in [-0.1, -0.05) is 6.92 Å². The predicted octanol–water partition coefficient (Wildman–Crippen LogP) is 0.123. The van der Waals surface area contributed by atoms with E-state index in [0.29, 0.717) is 0 Å². The van der Waals surface area contributed by atoms with Crippen molar-refractivity contribution in [1.29, 1.82) is 10.5 Å². The number of carbonyl (C=O) groups excluding carboxylic acids is 1. The molecule has 1 heterocycles. The van der Waals surface area contributed by atoms with E-state index in [1.807, 2.05) is 19.9 Å². The molecule has 3 N–H and O–H groups in total. The van der Waals surface area contributed by atoms with Crippen LogP contribution >= 0.6 is 0 Å². The Morgan fingerprint density at radius 3 is 2.72 bits per heavy atom. The minimum absolute atomic E-state index is 0.00861. The Morgan fingerprint density at radius 1 is 1.56 bits per heavy atom. The van der Waals surface area contributed by atoms with E-state index < -0.39 is 0 Å². The molecule has 0 aliphatic rings. The van der Waals surface area contributed by atoms with Crippen LogP contribution in [0.15, 0.2) is 0 Å². The zero-order valence-corrected chi connectivity index (χ0v) is 10.3. The number of rotatable bonds is 4. The third-order valence-corrected chi connectivity index (χ3v) is 2.53. The highest BCUT2D eigenvalue weighted by Crippen LogP contribution is 2.11. The van der Waals surface area contributed by atoms with Crippen LogP contribution in [-0.2, 0) is 11.3 Å². The van der Waals surface area contributed by atoms with E-state index in [1.54, 1.807) is 6.07 Å². The fraction of sp³-hybridized carbons (Fsp3) is 0.455. The summed E-state index contributed by atoms with van der Waals surface area (Å²) in [7, 11) is 0. The number of nitrogens with one attached hydrogen (secondary N) is 1. The van der Waals surface area contributed by atoms with Crippen molar-refractivity contribution in [3.8, 4) is 12.1 Å². The molecule has 0 saturated carbocycles. The molecule has 0 unspecified atom stereocenters. The van der Waals surface area contributed by atoms with Gasteiger partial charge in [0.15, 0.2) is 11.4 Å². The number of hydrogen-bond donors (Lipinski definition) is 2. The first-order chi connectivity index (χ1) is 8.53. The molecule has 7 nitrogen and oxygen atoms in total. The van der Waals surface area contributed by atoms with Gasteiger partial charge in [0.05, 0.1) is 0 Å². The molecular weight excluding hydrogens is 232 g/mol. The summed E-state index contributed by atoms with van der Waals surface area (Å²) < 4.78 is 1.23. The number of aromatic nitrogens is 2. The normalized spacial score (nSPS) is 11.3. The molecule has 94 valence electrons. The molecule has 0 radical (unpaired) electrons. The van der Waals surface area contributed by atoms with Gasteiger partial charge < -0.3 is 11.1 Å². The summed E-state index contributed by atoms with van der Waals surface area (Å²) in [6.45, 7) is 3.71. The van der Waals surface area contributed by atoms with Gasteiger partial charge >= 0.3 is 0 Å². The van der Waals surface area contributed by atoms with E-state index in [9.17, 15) is 4.79 Å². The van der Waals surface area contributed by atoms with Gasteiger partial charge in [0.25, 0.3) is 0 Å². The maximum atomic E-state index is 11.7. The molecule has 1 amide bonds. The number of nitriles is 2. The van der Waals surface area contributed by atoms with Crippen LogP contribution in [0.1, 0.15) is 31.7 Å². The molecule has 1 aromatic heterocycles. The lowest BCUT2D eigenvalue weighted by Crippen LogP contribution is -2.35. The van der Waals surface area contributed by atoms with Gasteiger partial charge in [-0.2, -0.15) is 10.5 Å². The summed E-state index contributed by atoms with van der Waals surface area (Å²) in [5, 5.41) is 20.5. The van der Waals surface area contributed by atoms with Crippen LogP contribution in [0.5, 0.6) is 0 Å². The quantitative estimate of drug-likeness (QED) is 0.781. The number of hydrogen-bond acceptors (Lipinski definition) is 5. The van der Waals surface area contributed by atoms with Crippen LogP contribution in [0.25, 0.3) is 0 Å². The Bertz CT molecular complexity index is 533. The third-order valence-electron chi connectivity index (χ3n) is 2.53. The van der Waals surface area contributed by atoms with Crippen molar-refractivity contribution in [2.24, 2.45) is 0 Å². The van der Waals surface area contributed by atoms with Crippen LogP contribution < -0.4 is 11.1 Å². The lowest BCUT2D eigenvalue weighted by atomic mass is 10.2. The van der Waals surface area contributed by atoms with Crippen LogP contribution in [0.4, 0.5) is 5.95 Å². The number of nitrogen functional groups attached to an aromatic ring is 1. The Balaban J connectivity index is 2.92. The SMILES string of the molecule is CC[C@H](C)NC(=O)Cn1c(N)nc(C#N)c1C#N. The zero-order chi connectivity index (χ0) is 13.7. The molecule has 0 aliphatic carbocycles. The van der Waals surface area contributed by atoms with E-state index in [0.717, 1.165) is 6.42 Å². The Hall–Kier alpha value is -2.54. The molecule has 0 bridgehead atoms. The molecule has 1 rings (SSSR count). The molecule has 0 aliphatic heterocycles.